The van der Waals surface area contributed by atoms with Crippen molar-refractivity contribution >= 4 is 33.3 Å². The average molecular weight is 556 g/mol. The normalized spacial score (nSPS) is 16.5. The van der Waals surface area contributed by atoms with Crippen molar-refractivity contribution < 1.29 is 22.3 Å². The summed E-state index contributed by atoms with van der Waals surface area (Å²) >= 11 is 0. The Morgan fingerprint density at radius 1 is 1.08 bits per heavy atom. The first-order chi connectivity index (χ1) is 18.4. The fourth-order valence-electron chi connectivity index (χ4n) is 4.25. The van der Waals surface area contributed by atoms with Crippen LogP contribution >= 0.6 is 0 Å². The molecule has 1 amide bonds. The van der Waals surface area contributed by atoms with E-state index in [1.165, 1.54) is 30.5 Å². The Hall–Kier alpha value is -3.70. The monoisotopic (exact) mass is 555 g/mol. The lowest BCUT2D eigenvalue weighted by molar-refractivity contribution is 0.000556. The Labute approximate surface area is 229 Å². The van der Waals surface area contributed by atoms with Crippen LogP contribution in [0, 0.1) is 5.82 Å². The molecule has 2 heterocycles. The Bertz CT molecular complexity index is 1390. The number of carbonyl (C=O) groups is 1. The number of pyridine rings is 1. The van der Waals surface area contributed by atoms with Gasteiger partial charge in [-0.3, -0.25) is 9.62 Å². The number of amides is 1. The van der Waals surface area contributed by atoms with Gasteiger partial charge >= 0.3 is 6.09 Å². The van der Waals surface area contributed by atoms with Crippen LogP contribution in [0.4, 0.5) is 26.4 Å². The molecule has 1 atom stereocenters. The van der Waals surface area contributed by atoms with Crippen molar-refractivity contribution in [1.82, 2.24) is 14.8 Å². The van der Waals surface area contributed by atoms with Crippen LogP contribution in [0.2, 0.25) is 0 Å². The zero-order valence-electron chi connectivity index (χ0n) is 22.5. The van der Waals surface area contributed by atoms with Gasteiger partial charge in [0, 0.05) is 49.8 Å². The first-order valence-electron chi connectivity index (χ1n) is 12.7. The number of halogens is 1. The molecule has 0 unspecified atom stereocenters. The standard InChI is InChI=1S/C28H34FN5O4S/c1-20-18-33(14-15-34(20)27(35)38-28(2,3)4)19-21-8-10-23(11-9-21)32-39(36,37)25-12-13-26(30-17-25)31-24-7-5-6-22(29)16-24/h5-13,16-17,20,32H,14-15,18-19H2,1-4H3,(H,30,31)/t20-/m0/s1. The van der Waals surface area contributed by atoms with E-state index in [0.717, 1.165) is 12.1 Å². The first-order valence-corrected chi connectivity index (χ1v) is 14.2. The van der Waals surface area contributed by atoms with Crippen LogP contribution in [0.3, 0.4) is 0 Å². The van der Waals surface area contributed by atoms with Crippen molar-refractivity contribution in [1.29, 1.82) is 0 Å². The molecule has 11 heteroatoms. The maximum Gasteiger partial charge on any atom is 0.410 e. The van der Waals surface area contributed by atoms with Crippen LogP contribution in [0.1, 0.15) is 33.3 Å². The van der Waals surface area contributed by atoms with Crippen molar-refractivity contribution in [2.24, 2.45) is 0 Å². The summed E-state index contributed by atoms with van der Waals surface area (Å²) in [5.74, 6) is 0.00916. The number of rotatable bonds is 7. The van der Waals surface area contributed by atoms with Gasteiger partial charge in [-0.25, -0.2) is 22.6 Å². The van der Waals surface area contributed by atoms with E-state index < -0.39 is 15.6 Å². The molecule has 2 aromatic carbocycles. The highest BCUT2D eigenvalue weighted by molar-refractivity contribution is 7.92. The summed E-state index contributed by atoms with van der Waals surface area (Å²) in [4.78, 5) is 20.6. The number of benzene rings is 2. The van der Waals surface area contributed by atoms with Gasteiger partial charge in [0.1, 0.15) is 22.1 Å². The number of hydrogen-bond acceptors (Lipinski definition) is 7. The summed E-state index contributed by atoms with van der Waals surface area (Å²) in [5, 5.41) is 2.94. The van der Waals surface area contributed by atoms with Crippen LogP contribution < -0.4 is 10.0 Å². The molecule has 0 aliphatic carbocycles. The minimum atomic E-state index is -3.84. The van der Waals surface area contributed by atoms with Crippen molar-refractivity contribution in [3.05, 3.63) is 78.2 Å². The molecular formula is C28H34FN5O4S. The second-order valence-electron chi connectivity index (χ2n) is 10.6. The van der Waals surface area contributed by atoms with Gasteiger partial charge in [0.15, 0.2) is 0 Å². The minimum Gasteiger partial charge on any atom is -0.444 e. The number of hydrogen-bond donors (Lipinski definition) is 2. The van der Waals surface area contributed by atoms with Gasteiger partial charge in [0.25, 0.3) is 10.0 Å². The van der Waals surface area contributed by atoms with E-state index in [4.69, 9.17) is 4.74 Å². The highest BCUT2D eigenvalue weighted by Crippen LogP contribution is 2.21. The molecule has 208 valence electrons. The number of aromatic nitrogens is 1. The van der Waals surface area contributed by atoms with Gasteiger partial charge in [-0.15, -0.1) is 0 Å². The zero-order valence-corrected chi connectivity index (χ0v) is 23.3. The second-order valence-corrected chi connectivity index (χ2v) is 12.3. The molecule has 2 N–H and O–H groups in total. The molecule has 4 rings (SSSR count). The van der Waals surface area contributed by atoms with Gasteiger partial charge in [-0.05, 0) is 75.7 Å². The molecule has 1 saturated heterocycles. The van der Waals surface area contributed by atoms with E-state index in [1.54, 1.807) is 29.2 Å². The third kappa shape index (κ3) is 7.90. The number of carbonyl (C=O) groups excluding carboxylic acids is 1. The molecular weight excluding hydrogens is 521 g/mol. The summed E-state index contributed by atoms with van der Waals surface area (Å²) in [7, 11) is -3.84. The number of anilines is 3. The maximum atomic E-state index is 13.4. The van der Waals surface area contributed by atoms with Crippen molar-refractivity contribution in [2.45, 2.75) is 50.8 Å². The Kier molecular flexibility index (Phi) is 8.41. The van der Waals surface area contributed by atoms with Crippen LogP contribution in [-0.4, -0.2) is 60.6 Å². The summed E-state index contributed by atoms with van der Waals surface area (Å²) in [6.45, 7) is 10.3. The van der Waals surface area contributed by atoms with E-state index >= 15 is 0 Å². The molecule has 3 aromatic rings. The molecule has 9 nitrogen and oxygen atoms in total. The summed E-state index contributed by atoms with van der Waals surface area (Å²) in [6, 6.07) is 16.1. The highest BCUT2D eigenvalue weighted by atomic mass is 32.2. The number of piperazine rings is 1. The second kappa shape index (κ2) is 11.6. The lowest BCUT2D eigenvalue weighted by Gasteiger charge is -2.40. The maximum absolute atomic E-state index is 13.4. The van der Waals surface area contributed by atoms with Crippen molar-refractivity contribution in [3.63, 3.8) is 0 Å². The predicted octanol–water partition coefficient (Wildman–Crippen LogP) is 5.21. The number of ether oxygens (including phenoxy) is 1. The topological polar surface area (TPSA) is 104 Å². The Morgan fingerprint density at radius 2 is 1.82 bits per heavy atom. The lowest BCUT2D eigenvalue weighted by Crippen LogP contribution is -2.54. The predicted molar refractivity (Wildman–Crippen MR) is 149 cm³/mol. The van der Waals surface area contributed by atoms with Gasteiger partial charge in [-0.2, -0.15) is 0 Å². The molecule has 39 heavy (non-hydrogen) atoms. The molecule has 1 aliphatic heterocycles. The van der Waals surface area contributed by atoms with E-state index in [-0.39, 0.29) is 22.8 Å². The highest BCUT2D eigenvalue weighted by Gasteiger charge is 2.30. The Balaban J connectivity index is 1.31. The summed E-state index contributed by atoms with van der Waals surface area (Å²) in [6.07, 6.45) is 0.954. The van der Waals surface area contributed by atoms with Crippen LogP contribution in [0.15, 0.2) is 71.8 Å². The van der Waals surface area contributed by atoms with Gasteiger partial charge in [-0.1, -0.05) is 18.2 Å². The molecule has 0 radical (unpaired) electrons. The van der Waals surface area contributed by atoms with E-state index in [2.05, 4.69) is 19.9 Å². The molecule has 1 aliphatic rings. The quantitative estimate of drug-likeness (QED) is 0.413. The molecule has 0 bridgehead atoms. The summed E-state index contributed by atoms with van der Waals surface area (Å²) in [5.41, 5.74) is 1.45. The third-order valence-corrected chi connectivity index (χ3v) is 7.46. The molecule has 1 aromatic heterocycles. The Morgan fingerprint density at radius 3 is 2.44 bits per heavy atom. The van der Waals surface area contributed by atoms with Gasteiger partial charge in [0.05, 0.1) is 0 Å². The van der Waals surface area contributed by atoms with Crippen LogP contribution in [-0.2, 0) is 21.3 Å². The van der Waals surface area contributed by atoms with E-state index in [1.807, 2.05) is 39.8 Å². The SMILES string of the molecule is C[C@H]1CN(Cc2ccc(NS(=O)(=O)c3ccc(Nc4cccc(F)c4)nc3)cc2)CCN1C(=O)OC(C)(C)C. The number of sulfonamides is 1. The van der Waals surface area contributed by atoms with E-state index in [9.17, 15) is 17.6 Å². The average Bonchev–Trinajstić information content (AvgIpc) is 2.84. The van der Waals surface area contributed by atoms with Gasteiger partial charge < -0.3 is 15.0 Å². The number of nitrogens with zero attached hydrogens (tertiary/aromatic N) is 3. The van der Waals surface area contributed by atoms with Crippen molar-refractivity contribution in [2.75, 3.05) is 29.7 Å². The molecule has 0 spiro atoms. The first kappa shape index (κ1) is 28.3. The zero-order chi connectivity index (χ0) is 28.2. The lowest BCUT2D eigenvalue weighted by atomic mass is 10.1. The van der Waals surface area contributed by atoms with Crippen LogP contribution in [0.5, 0.6) is 0 Å². The fraction of sp³-hybridized carbons (Fsp3) is 0.357. The fourth-order valence-corrected chi connectivity index (χ4v) is 5.25. The van der Waals surface area contributed by atoms with E-state index in [0.29, 0.717) is 36.8 Å². The minimum absolute atomic E-state index is 0.00761. The number of nitrogens with one attached hydrogen (secondary N) is 2. The molecule has 1 fully saturated rings. The largest absolute Gasteiger partial charge is 0.444 e. The smallest absolute Gasteiger partial charge is 0.410 e. The molecule has 0 saturated carbocycles. The third-order valence-electron chi connectivity index (χ3n) is 6.10. The van der Waals surface area contributed by atoms with Crippen LogP contribution in [0.25, 0.3) is 0 Å². The van der Waals surface area contributed by atoms with Crippen molar-refractivity contribution in [3.8, 4) is 0 Å². The van der Waals surface area contributed by atoms with Gasteiger partial charge in [0.2, 0.25) is 0 Å². The summed E-state index contributed by atoms with van der Waals surface area (Å²) < 4.78 is 47.2.